The summed E-state index contributed by atoms with van der Waals surface area (Å²) in [6.45, 7) is -0.0242. The maximum Gasteiger partial charge on any atom is 0.573 e. The van der Waals surface area contributed by atoms with Gasteiger partial charge in [-0.1, -0.05) is 6.07 Å². The third-order valence-corrected chi connectivity index (χ3v) is 7.94. The molecule has 0 heterocycles. The molecule has 1 aliphatic carbocycles. The fourth-order valence-corrected chi connectivity index (χ4v) is 5.65. The topological polar surface area (TPSA) is 58.6 Å². The van der Waals surface area contributed by atoms with E-state index in [0.29, 0.717) is 12.8 Å². The summed E-state index contributed by atoms with van der Waals surface area (Å²) < 4.78 is 150. The minimum atomic E-state index is -6.40. The lowest BCUT2D eigenvalue weighted by molar-refractivity contribution is -0.348. The molecule has 1 aliphatic rings. The second-order valence-electron chi connectivity index (χ2n) is 9.99. The van der Waals surface area contributed by atoms with Gasteiger partial charge in [0, 0.05) is 26.6 Å². The molecule has 0 bridgehead atoms. The number of carbonyl (C=O) groups excluding carboxylic acids is 2. The van der Waals surface area contributed by atoms with Crippen molar-refractivity contribution in [2.24, 2.45) is 5.92 Å². The van der Waals surface area contributed by atoms with Crippen molar-refractivity contribution in [2.75, 3.05) is 16.8 Å². The largest absolute Gasteiger partial charge is 0.573 e. The number of anilines is 2. The van der Waals surface area contributed by atoms with E-state index in [-0.39, 0.29) is 30.2 Å². The van der Waals surface area contributed by atoms with Gasteiger partial charge in [-0.05, 0) is 99.2 Å². The standard InChI is InChI=1S/C28H17Br2F11N2O3/c29-18-10-15(25(32,26(33,34)35)27(36,37)38)11-19(30)22(18)42-23(44)17-2-1-3-20(21(17)31)43(12-13-4-5-13)24(45)14-6-8-16(9-7-14)46-28(39,40)41/h1-3,6-11,13H,4-5,12H2,(H,42,44). The molecule has 0 aromatic heterocycles. The van der Waals surface area contributed by atoms with E-state index in [0.717, 1.165) is 41.3 Å². The summed E-state index contributed by atoms with van der Waals surface area (Å²) >= 11 is 5.43. The molecule has 1 saturated carbocycles. The van der Waals surface area contributed by atoms with E-state index in [1.807, 2.05) is 0 Å². The number of hydrogen-bond acceptors (Lipinski definition) is 3. The fraction of sp³-hybridized carbons (Fsp3) is 0.286. The molecule has 0 radical (unpaired) electrons. The third-order valence-electron chi connectivity index (χ3n) is 6.69. The van der Waals surface area contributed by atoms with Gasteiger partial charge in [-0.2, -0.15) is 26.3 Å². The van der Waals surface area contributed by atoms with Gasteiger partial charge >= 0.3 is 24.4 Å². The highest BCUT2D eigenvalue weighted by atomic mass is 79.9. The Balaban J connectivity index is 1.65. The Labute approximate surface area is 268 Å². The summed E-state index contributed by atoms with van der Waals surface area (Å²) in [4.78, 5) is 27.5. The minimum Gasteiger partial charge on any atom is -0.406 e. The number of carbonyl (C=O) groups is 2. The van der Waals surface area contributed by atoms with Gasteiger partial charge in [0.05, 0.1) is 16.9 Å². The molecule has 0 atom stereocenters. The van der Waals surface area contributed by atoms with Gasteiger partial charge in [0.2, 0.25) is 0 Å². The van der Waals surface area contributed by atoms with Crippen LogP contribution in [-0.2, 0) is 5.67 Å². The van der Waals surface area contributed by atoms with E-state index < -0.39 is 79.2 Å². The first kappa shape index (κ1) is 35.4. The molecule has 3 aromatic rings. The first-order valence-electron chi connectivity index (χ1n) is 12.7. The van der Waals surface area contributed by atoms with E-state index in [9.17, 15) is 53.5 Å². The highest BCUT2D eigenvalue weighted by Gasteiger charge is 2.73. The Morgan fingerprint density at radius 1 is 0.848 bits per heavy atom. The predicted octanol–water partition coefficient (Wildman–Crippen LogP) is 9.85. The average molecular weight is 798 g/mol. The van der Waals surface area contributed by atoms with Crippen molar-refractivity contribution in [1.82, 2.24) is 0 Å². The maximum absolute atomic E-state index is 15.8. The number of nitrogens with one attached hydrogen (secondary N) is 1. The van der Waals surface area contributed by atoms with E-state index in [1.54, 1.807) is 0 Å². The molecule has 0 unspecified atom stereocenters. The summed E-state index contributed by atoms with van der Waals surface area (Å²) in [6, 6.07) is 7.47. The molecule has 3 aromatic carbocycles. The maximum atomic E-state index is 15.8. The monoisotopic (exact) mass is 796 g/mol. The molecule has 248 valence electrons. The van der Waals surface area contributed by atoms with Crippen LogP contribution in [0.15, 0.2) is 63.5 Å². The molecule has 0 aliphatic heterocycles. The van der Waals surface area contributed by atoms with Crippen molar-refractivity contribution in [1.29, 1.82) is 0 Å². The predicted molar refractivity (Wildman–Crippen MR) is 149 cm³/mol. The van der Waals surface area contributed by atoms with Crippen LogP contribution in [0.1, 0.15) is 39.1 Å². The Morgan fingerprint density at radius 3 is 1.87 bits per heavy atom. The summed E-state index contributed by atoms with van der Waals surface area (Å²) in [5.41, 5.74) is -9.34. The number of nitrogens with zero attached hydrogens (tertiary/aromatic N) is 1. The highest BCUT2D eigenvalue weighted by molar-refractivity contribution is 9.11. The fourth-order valence-electron chi connectivity index (χ4n) is 4.27. The van der Waals surface area contributed by atoms with Gasteiger partial charge in [-0.3, -0.25) is 9.59 Å². The first-order chi connectivity index (χ1) is 21.1. The Hall–Kier alpha value is -3.41. The summed E-state index contributed by atoms with van der Waals surface area (Å²) in [6.07, 6.45) is -16.4. The Kier molecular flexibility index (Phi) is 9.75. The zero-order valence-electron chi connectivity index (χ0n) is 22.5. The van der Waals surface area contributed by atoms with Crippen LogP contribution in [0.2, 0.25) is 0 Å². The number of hydrogen-bond donors (Lipinski definition) is 1. The molecule has 5 nitrogen and oxygen atoms in total. The molecule has 4 rings (SSSR count). The average Bonchev–Trinajstić information content (AvgIpc) is 3.75. The Bertz CT molecular complexity index is 1600. The van der Waals surface area contributed by atoms with Crippen LogP contribution in [0.4, 0.5) is 59.7 Å². The van der Waals surface area contributed by atoms with Crippen molar-refractivity contribution < 1.29 is 62.6 Å². The second kappa shape index (κ2) is 12.7. The lowest BCUT2D eigenvalue weighted by atomic mass is 9.94. The first-order valence-corrected chi connectivity index (χ1v) is 14.3. The second-order valence-corrected chi connectivity index (χ2v) is 11.7. The minimum absolute atomic E-state index is 0.0242. The summed E-state index contributed by atoms with van der Waals surface area (Å²) in [7, 11) is 0. The van der Waals surface area contributed by atoms with Crippen LogP contribution in [0, 0.1) is 11.7 Å². The highest BCUT2D eigenvalue weighted by Crippen LogP contribution is 2.54. The van der Waals surface area contributed by atoms with Gasteiger partial charge in [0.1, 0.15) is 5.75 Å². The summed E-state index contributed by atoms with van der Waals surface area (Å²) in [5.74, 6) is -3.98. The molecule has 0 spiro atoms. The zero-order valence-corrected chi connectivity index (χ0v) is 25.7. The van der Waals surface area contributed by atoms with Gasteiger partial charge < -0.3 is 15.0 Å². The quantitative estimate of drug-likeness (QED) is 0.231. The molecule has 0 saturated heterocycles. The van der Waals surface area contributed by atoms with Gasteiger partial charge in [0.15, 0.2) is 5.82 Å². The zero-order chi connectivity index (χ0) is 34.4. The Morgan fingerprint density at radius 2 is 1.39 bits per heavy atom. The SMILES string of the molecule is O=C(Nc1c(Br)cc(C(F)(C(F)(F)F)C(F)(F)F)cc1Br)c1cccc(N(CC2CC2)C(=O)c2ccc(OC(F)(F)F)cc2)c1F. The number of halogens is 13. The van der Waals surface area contributed by atoms with Crippen LogP contribution in [-0.4, -0.2) is 37.1 Å². The van der Waals surface area contributed by atoms with Crippen LogP contribution in [0.25, 0.3) is 0 Å². The molecular formula is C28H17Br2F11N2O3. The van der Waals surface area contributed by atoms with Gasteiger partial charge in [0.25, 0.3) is 11.8 Å². The van der Waals surface area contributed by atoms with Crippen molar-refractivity contribution in [3.05, 3.63) is 86.1 Å². The van der Waals surface area contributed by atoms with Crippen molar-refractivity contribution in [3.8, 4) is 5.75 Å². The van der Waals surface area contributed by atoms with Gasteiger partial charge in [-0.25, -0.2) is 8.78 Å². The molecule has 46 heavy (non-hydrogen) atoms. The number of amides is 2. The van der Waals surface area contributed by atoms with Crippen LogP contribution in [0.3, 0.4) is 0 Å². The molecule has 2 amide bonds. The van der Waals surface area contributed by atoms with Crippen LogP contribution in [0.5, 0.6) is 5.75 Å². The number of alkyl halides is 10. The van der Waals surface area contributed by atoms with Crippen molar-refractivity contribution >= 4 is 55.0 Å². The lowest BCUT2D eigenvalue weighted by Gasteiger charge is -2.31. The third kappa shape index (κ3) is 7.42. The van der Waals surface area contributed by atoms with Crippen molar-refractivity contribution in [3.63, 3.8) is 0 Å². The normalized spacial score (nSPS) is 14.2. The smallest absolute Gasteiger partial charge is 0.406 e. The number of rotatable bonds is 8. The molecule has 18 heteroatoms. The lowest BCUT2D eigenvalue weighted by Crippen LogP contribution is -2.50. The summed E-state index contributed by atoms with van der Waals surface area (Å²) in [5, 5.41) is 2.13. The van der Waals surface area contributed by atoms with Crippen LogP contribution >= 0.6 is 31.9 Å². The van der Waals surface area contributed by atoms with Crippen LogP contribution < -0.4 is 15.0 Å². The van der Waals surface area contributed by atoms with E-state index >= 15 is 4.39 Å². The molecule has 1 fully saturated rings. The van der Waals surface area contributed by atoms with Gasteiger partial charge in [-0.15, -0.1) is 13.2 Å². The molecule has 1 N–H and O–H groups in total. The van der Waals surface area contributed by atoms with E-state index in [4.69, 9.17) is 0 Å². The van der Waals surface area contributed by atoms with Crippen molar-refractivity contribution in [2.45, 2.75) is 37.2 Å². The number of benzene rings is 3. The van der Waals surface area contributed by atoms with E-state index in [1.165, 1.54) is 6.07 Å². The number of ether oxygens (including phenoxy) is 1. The van der Waals surface area contributed by atoms with E-state index in [2.05, 4.69) is 41.9 Å². The molecular weight excluding hydrogens is 781 g/mol.